The second-order valence-electron chi connectivity index (χ2n) is 8.05. The first-order chi connectivity index (χ1) is 15.9. The SMILES string of the molecule is C[C@@H]1[C@@H](C)[C@H](C=N)C(OCF)N=CN(c2ccc(CCl)cc2)C(c2nccnc2N)=N[C@H]1C. The summed E-state index contributed by atoms with van der Waals surface area (Å²) in [7, 11) is 0. The summed E-state index contributed by atoms with van der Waals surface area (Å²) >= 11 is 5.96. The minimum absolute atomic E-state index is 0.0176. The van der Waals surface area contributed by atoms with Crippen molar-refractivity contribution in [3.05, 3.63) is 47.9 Å². The van der Waals surface area contributed by atoms with Crippen LogP contribution in [0.25, 0.3) is 0 Å². The number of ether oxygens (including phenoxy) is 1. The van der Waals surface area contributed by atoms with Crippen molar-refractivity contribution >= 4 is 41.5 Å². The zero-order valence-corrected chi connectivity index (χ0v) is 19.7. The summed E-state index contributed by atoms with van der Waals surface area (Å²) in [5, 5.41) is 7.95. The van der Waals surface area contributed by atoms with Crippen LogP contribution in [0.15, 0.2) is 46.6 Å². The number of alkyl halides is 2. The highest BCUT2D eigenvalue weighted by Crippen LogP contribution is 2.30. The molecule has 0 bridgehead atoms. The third-order valence-electron chi connectivity index (χ3n) is 6.14. The number of anilines is 2. The van der Waals surface area contributed by atoms with E-state index in [0.717, 1.165) is 11.3 Å². The standard InChI is InChI=1S/C23H29ClFN7O/c1-14-15(2)19(11-26)23(33-12-25)30-13-32(18-6-4-17(10-24)5-7-18)22(31-16(14)3)20-21(27)29-9-8-28-20/h4-9,11,13-16,19,23,26H,10,12H2,1-3H3,(H2,27,29)/t14-,15-,16+,19+,23?/m1/s1. The Balaban J connectivity index is 2.22. The molecule has 0 saturated carbocycles. The van der Waals surface area contributed by atoms with Crippen LogP contribution in [0.2, 0.25) is 0 Å². The number of hydrogen-bond acceptors (Lipinski definition) is 8. The Hall–Kier alpha value is -2.91. The molecule has 0 spiro atoms. The van der Waals surface area contributed by atoms with Gasteiger partial charge in [-0.2, -0.15) is 0 Å². The van der Waals surface area contributed by atoms with E-state index in [1.807, 2.05) is 45.0 Å². The van der Waals surface area contributed by atoms with Crippen molar-refractivity contribution < 1.29 is 9.13 Å². The normalized spacial score (nSPS) is 26.0. The number of nitrogens with two attached hydrogens (primary N) is 1. The van der Waals surface area contributed by atoms with Gasteiger partial charge >= 0.3 is 0 Å². The number of benzene rings is 1. The van der Waals surface area contributed by atoms with E-state index in [-0.39, 0.29) is 23.7 Å². The van der Waals surface area contributed by atoms with Gasteiger partial charge in [0.25, 0.3) is 0 Å². The zero-order chi connectivity index (χ0) is 24.0. The van der Waals surface area contributed by atoms with Gasteiger partial charge in [0.05, 0.1) is 12.4 Å². The minimum Gasteiger partial charge on any atom is -0.382 e. The van der Waals surface area contributed by atoms with Gasteiger partial charge in [-0.1, -0.05) is 26.0 Å². The number of aromatic nitrogens is 2. The lowest BCUT2D eigenvalue weighted by molar-refractivity contribution is -0.0297. The van der Waals surface area contributed by atoms with Crippen molar-refractivity contribution in [3.8, 4) is 0 Å². The fraction of sp³-hybridized carbons (Fsp3) is 0.435. The highest BCUT2D eigenvalue weighted by molar-refractivity contribution is 6.20. The van der Waals surface area contributed by atoms with Gasteiger partial charge < -0.3 is 15.9 Å². The molecule has 1 aliphatic heterocycles. The minimum atomic E-state index is -1.01. The average molecular weight is 474 g/mol. The smallest absolute Gasteiger partial charge is 0.190 e. The summed E-state index contributed by atoms with van der Waals surface area (Å²) in [5.74, 6) is 0.613. The predicted octanol–water partition coefficient (Wildman–Crippen LogP) is 4.29. The van der Waals surface area contributed by atoms with Crippen LogP contribution >= 0.6 is 11.6 Å². The van der Waals surface area contributed by atoms with E-state index >= 15 is 0 Å². The van der Waals surface area contributed by atoms with E-state index in [2.05, 4.69) is 15.0 Å². The molecule has 10 heteroatoms. The molecule has 0 fully saturated rings. The second-order valence-corrected chi connectivity index (χ2v) is 8.31. The molecule has 1 unspecified atom stereocenters. The largest absolute Gasteiger partial charge is 0.382 e. The number of nitrogens with zero attached hydrogens (tertiary/aromatic N) is 5. The molecule has 33 heavy (non-hydrogen) atoms. The molecule has 1 aromatic carbocycles. The molecule has 0 aliphatic carbocycles. The monoisotopic (exact) mass is 473 g/mol. The maximum absolute atomic E-state index is 13.2. The summed E-state index contributed by atoms with van der Waals surface area (Å²) in [5.41, 5.74) is 8.27. The Labute approximate surface area is 198 Å². The van der Waals surface area contributed by atoms with Gasteiger partial charge in [-0.05, 0) is 36.5 Å². The van der Waals surface area contributed by atoms with Gasteiger partial charge in [0, 0.05) is 36.1 Å². The Morgan fingerprint density at radius 2 is 1.85 bits per heavy atom. The first kappa shape index (κ1) is 24.7. The van der Waals surface area contributed by atoms with Gasteiger partial charge in [-0.3, -0.25) is 9.89 Å². The van der Waals surface area contributed by atoms with Crippen LogP contribution in [0.5, 0.6) is 0 Å². The molecule has 0 amide bonds. The van der Waals surface area contributed by atoms with Crippen LogP contribution in [0.4, 0.5) is 15.9 Å². The average Bonchev–Trinajstić information content (AvgIpc) is 2.83. The predicted molar refractivity (Wildman–Crippen MR) is 131 cm³/mol. The molecule has 176 valence electrons. The quantitative estimate of drug-likeness (QED) is 0.480. The molecule has 1 aromatic heterocycles. The van der Waals surface area contributed by atoms with Crippen molar-refractivity contribution in [2.24, 2.45) is 27.7 Å². The summed E-state index contributed by atoms with van der Waals surface area (Å²) in [6, 6.07) is 7.38. The van der Waals surface area contributed by atoms with Crippen LogP contribution in [0, 0.1) is 23.2 Å². The van der Waals surface area contributed by atoms with Crippen LogP contribution < -0.4 is 10.6 Å². The van der Waals surface area contributed by atoms with E-state index in [0.29, 0.717) is 17.4 Å². The van der Waals surface area contributed by atoms with Crippen molar-refractivity contribution in [1.82, 2.24) is 9.97 Å². The number of nitrogen functional groups attached to an aromatic ring is 1. The summed E-state index contributed by atoms with van der Waals surface area (Å²) in [4.78, 5) is 19.9. The number of aliphatic imine (C=N–C) groups is 2. The van der Waals surface area contributed by atoms with Gasteiger partial charge in [-0.15, -0.1) is 11.6 Å². The molecular weight excluding hydrogens is 445 g/mol. The van der Waals surface area contributed by atoms with Gasteiger partial charge in [0.2, 0.25) is 0 Å². The van der Waals surface area contributed by atoms with Crippen molar-refractivity contribution in [3.63, 3.8) is 0 Å². The van der Waals surface area contributed by atoms with E-state index in [9.17, 15) is 4.39 Å². The lowest BCUT2D eigenvalue weighted by Crippen LogP contribution is -2.40. The molecule has 2 aromatic rings. The third kappa shape index (κ3) is 5.54. The fourth-order valence-corrected chi connectivity index (χ4v) is 3.97. The highest BCUT2D eigenvalue weighted by Gasteiger charge is 2.33. The van der Waals surface area contributed by atoms with Crippen LogP contribution in [-0.4, -0.2) is 47.5 Å². The van der Waals surface area contributed by atoms with Crippen molar-refractivity contribution in [2.75, 3.05) is 17.5 Å². The van der Waals surface area contributed by atoms with E-state index in [1.54, 1.807) is 11.1 Å². The van der Waals surface area contributed by atoms with Crippen LogP contribution in [-0.2, 0) is 10.6 Å². The molecule has 3 rings (SSSR count). The molecule has 5 atom stereocenters. The molecule has 1 aliphatic rings. The van der Waals surface area contributed by atoms with Gasteiger partial charge in [0.1, 0.15) is 5.69 Å². The van der Waals surface area contributed by atoms with Gasteiger partial charge in [-0.25, -0.2) is 19.4 Å². The number of rotatable bonds is 6. The van der Waals surface area contributed by atoms with Crippen LogP contribution in [0.3, 0.4) is 0 Å². The van der Waals surface area contributed by atoms with Gasteiger partial charge in [0.15, 0.2) is 24.7 Å². The Morgan fingerprint density at radius 1 is 1.15 bits per heavy atom. The first-order valence-electron chi connectivity index (χ1n) is 10.7. The first-order valence-corrected chi connectivity index (χ1v) is 11.2. The molecule has 3 N–H and O–H groups in total. The number of amidine groups is 1. The number of halogens is 2. The lowest BCUT2D eigenvalue weighted by atomic mass is 9.80. The van der Waals surface area contributed by atoms with Crippen molar-refractivity contribution in [1.29, 1.82) is 5.41 Å². The summed E-state index contributed by atoms with van der Waals surface area (Å²) < 4.78 is 18.6. The zero-order valence-electron chi connectivity index (χ0n) is 18.9. The molecule has 8 nitrogen and oxygen atoms in total. The third-order valence-corrected chi connectivity index (χ3v) is 6.45. The summed E-state index contributed by atoms with van der Waals surface area (Å²) in [6.07, 6.45) is 4.99. The summed E-state index contributed by atoms with van der Waals surface area (Å²) in [6.45, 7) is 5.03. The maximum atomic E-state index is 13.2. The Bertz CT molecular complexity index is 1000. The fourth-order valence-electron chi connectivity index (χ4n) is 3.79. The molecular formula is C23H29ClFN7O. The Kier molecular flexibility index (Phi) is 8.46. The second kappa shape index (κ2) is 11.3. The number of nitrogens with one attached hydrogen (secondary N) is 1. The van der Waals surface area contributed by atoms with E-state index in [4.69, 9.17) is 32.5 Å². The highest BCUT2D eigenvalue weighted by atomic mass is 35.5. The van der Waals surface area contributed by atoms with E-state index in [1.165, 1.54) is 18.7 Å². The Morgan fingerprint density at radius 3 is 2.45 bits per heavy atom. The lowest BCUT2D eigenvalue weighted by Gasteiger charge is -2.34. The molecule has 0 radical (unpaired) electrons. The van der Waals surface area contributed by atoms with Crippen LogP contribution in [0.1, 0.15) is 32.0 Å². The number of hydrogen-bond donors (Lipinski definition) is 2. The van der Waals surface area contributed by atoms with Crippen molar-refractivity contribution in [2.45, 2.75) is 38.9 Å². The van der Waals surface area contributed by atoms with E-state index < -0.39 is 19.0 Å². The molecule has 0 saturated heterocycles. The molecule has 2 heterocycles. The topological polar surface area (TPSA) is 113 Å². The maximum Gasteiger partial charge on any atom is 0.190 e.